The van der Waals surface area contributed by atoms with Crippen LogP contribution in [0.5, 0.6) is 0 Å². The van der Waals surface area contributed by atoms with Crippen molar-refractivity contribution in [3.05, 3.63) is 36.0 Å². The predicted octanol–water partition coefficient (Wildman–Crippen LogP) is 1.62. The summed E-state index contributed by atoms with van der Waals surface area (Å²) < 4.78 is 0. The van der Waals surface area contributed by atoms with Gasteiger partial charge in [0.15, 0.2) is 0 Å². The molecule has 0 amide bonds. The third-order valence-electron chi connectivity index (χ3n) is 2.44. The minimum absolute atomic E-state index is 0.0351. The summed E-state index contributed by atoms with van der Waals surface area (Å²) in [5.74, 6) is 0. The zero-order chi connectivity index (χ0) is 8.84. The van der Waals surface area contributed by atoms with Crippen LogP contribution < -0.4 is 11.1 Å². The molecule has 3 nitrogen and oxygen atoms in total. The Bertz CT molecular complexity index is 479. The van der Waals surface area contributed by atoms with Crippen LogP contribution in [0, 0.1) is 0 Å². The molecular formula is C10H9N3. The van der Waals surface area contributed by atoms with E-state index in [9.17, 15) is 0 Å². The van der Waals surface area contributed by atoms with E-state index in [-0.39, 0.29) is 6.17 Å². The zero-order valence-electron chi connectivity index (χ0n) is 6.99. The molecule has 1 unspecified atom stereocenters. The van der Waals surface area contributed by atoms with E-state index >= 15 is 0 Å². The van der Waals surface area contributed by atoms with Crippen LogP contribution >= 0.6 is 0 Å². The van der Waals surface area contributed by atoms with Gasteiger partial charge in [-0.1, -0.05) is 18.2 Å². The number of anilines is 1. The van der Waals surface area contributed by atoms with E-state index in [1.807, 2.05) is 24.4 Å². The van der Waals surface area contributed by atoms with Gasteiger partial charge in [-0.2, -0.15) is 0 Å². The Morgan fingerprint density at radius 3 is 3.00 bits per heavy atom. The van der Waals surface area contributed by atoms with E-state index in [0.29, 0.717) is 0 Å². The van der Waals surface area contributed by atoms with Gasteiger partial charge in [0.05, 0.1) is 11.2 Å². The highest BCUT2D eigenvalue weighted by molar-refractivity contribution is 5.95. The quantitative estimate of drug-likeness (QED) is 0.633. The first-order valence-electron chi connectivity index (χ1n) is 4.26. The van der Waals surface area contributed by atoms with Crippen molar-refractivity contribution in [1.82, 2.24) is 4.98 Å². The van der Waals surface area contributed by atoms with Crippen LogP contribution in [0.4, 0.5) is 5.69 Å². The van der Waals surface area contributed by atoms with Gasteiger partial charge in [0.1, 0.15) is 6.17 Å². The Hall–Kier alpha value is -1.61. The number of aromatic nitrogens is 1. The number of nitrogens with two attached hydrogens (primary N) is 1. The number of hydrogen-bond donors (Lipinski definition) is 2. The molecule has 2 aromatic rings. The largest absolute Gasteiger partial charge is 0.365 e. The number of para-hydroxylation sites is 1. The van der Waals surface area contributed by atoms with Crippen LogP contribution in [-0.2, 0) is 0 Å². The molecule has 0 fully saturated rings. The molecule has 0 saturated carbocycles. The molecule has 1 aromatic heterocycles. The van der Waals surface area contributed by atoms with Crippen LogP contribution in [0.15, 0.2) is 30.5 Å². The van der Waals surface area contributed by atoms with E-state index in [2.05, 4.69) is 16.4 Å². The summed E-state index contributed by atoms with van der Waals surface area (Å²) in [4.78, 5) is 4.32. The molecule has 1 aromatic carbocycles. The Morgan fingerprint density at radius 1 is 1.31 bits per heavy atom. The van der Waals surface area contributed by atoms with Gasteiger partial charge in [0.2, 0.25) is 0 Å². The number of fused-ring (bicyclic) bond motifs is 3. The van der Waals surface area contributed by atoms with Crippen molar-refractivity contribution in [2.45, 2.75) is 6.17 Å². The lowest BCUT2D eigenvalue weighted by Gasteiger charge is -2.29. The SMILES string of the molecule is NC1Nc2c1cnc1ccccc21. The van der Waals surface area contributed by atoms with Crippen LogP contribution in [-0.4, -0.2) is 4.98 Å². The second kappa shape index (κ2) is 2.20. The van der Waals surface area contributed by atoms with Gasteiger partial charge < -0.3 is 11.1 Å². The average Bonchev–Trinajstić information content (AvgIpc) is 2.16. The number of pyridine rings is 1. The van der Waals surface area contributed by atoms with Gasteiger partial charge in [-0.05, 0) is 6.07 Å². The van der Waals surface area contributed by atoms with Gasteiger partial charge in [0, 0.05) is 17.1 Å². The number of benzene rings is 1. The summed E-state index contributed by atoms with van der Waals surface area (Å²) in [6.45, 7) is 0. The second-order valence-corrected chi connectivity index (χ2v) is 3.23. The third-order valence-corrected chi connectivity index (χ3v) is 2.44. The highest BCUT2D eigenvalue weighted by Crippen LogP contribution is 2.37. The molecule has 0 bridgehead atoms. The lowest BCUT2D eigenvalue weighted by molar-refractivity contribution is 0.775. The lowest BCUT2D eigenvalue weighted by Crippen LogP contribution is -2.30. The topological polar surface area (TPSA) is 50.9 Å². The van der Waals surface area contributed by atoms with Crippen LogP contribution in [0.3, 0.4) is 0 Å². The predicted molar refractivity (Wildman–Crippen MR) is 52.3 cm³/mol. The second-order valence-electron chi connectivity index (χ2n) is 3.23. The molecule has 0 aliphatic carbocycles. The first kappa shape index (κ1) is 6.86. The molecule has 0 radical (unpaired) electrons. The summed E-state index contributed by atoms with van der Waals surface area (Å²) in [5, 5.41) is 4.32. The summed E-state index contributed by atoms with van der Waals surface area (Å²) in [5.41, 5.74) is 8.99. The number of rotatable bonds is 0. The highest BCUT2D eigenvalue weighted by Gasteiger charge is 2.23. The fourth-order valence-corrected chi connectivity index (χ4v) is 1.71. The maximum atomic E-state index is 5.73. The standard InChI is InChI=1S/C10H9N3/c11-10-7-5-12-8-4-2-1-3-6(8)9(7)13-10/h1-5,10,13H,11H2. The van der Waals surface area contributed by atoms with E-state index in [4.69, 9.17) is 5.73 Å². The first-order valence-corrected chi connectivity index (χ1v) is 4.26. The maximum absolute atomic E-state index is 5.73. The van der Waals surface area contributed by atoms with Gasteiger partial charge in [-0.15, -0.1) is 0 Å². The molecule has 1 atom stereocenters. The fraction of sp³-hybridized carbons (Fsp3) is 0.100. The number of nitrogens with one attached hydrogen (secondary N) is 1. The minimum atomic E-state index is -0.0351. The average molecular weight is 171 g/mol. The van der Waals surface area contributed by atoms with Crippen molar-refractivity contribution < 1.29 is 0 Å². The molecule has 3 rings (SSSR count). The van der Waals surface area contributed by atoms with Crippen LogP contribution in [0.1, 0.15) is 11.7 Å². The maximum Gasteiger partial charge on any atom is 0.104 e. The summed E-state index contributed by atoms with van der Waals surface area (Å²) in [6.07, 6.45) is 1.81. The van der Waals surface area contributed by atoms with Gasteiger partial charge in [-0.25, -0.2) is 0 Å². The van der Waals surface area contributed by atoms with Crippen LogP contribution in [0.25, 0.3) is 10.9 Å². The molecule has 3 N–H and O–H groups in total. The molecule has 2 heterocycles. The third kappa shape index (κ3) is 0.792. The number of nitrogens with zero attached hydrogens (tertiary/aromatic N) is 1. The van der Waals surface area contributed by atoms with Crippen molar-refractivity contribution in [2.75, 3.05) is 5.32 Å². The van der Waals surface area contributed by atoms with Gasteiger partial charge in [-0.3, -0.25) is 4.98 Å². The summed E-state index contributed by atoms with van der Waals surface area (Å²) in [6, 6.07) is 8.05. The van der Waals surface area contributed by atoms with Gasteiger partial charge >= 0.3 is 0 Å². The monoisotopic (exact) mass is 171 g/mol. The lowest BCUT2D eigenvalue weighted by atomic mass is 10.0. The van der Waals surface area contributed by atoms with Crippen molar-refractivity contribution in [3.63, 3.8) is 0 Å². The molecule has 1 aliphatic rings. The minimum Gasteiger partial charge on any atom is -0.365 e. The normalized spacial score (nSPS) is 19.0. The molecule has 0 saturated heterocycles. The Kier molecular flexibility index (Phi) is 1.16. The molecule has 1 aliphatic heterocycles. The zero-order valence-corrected chi connectivity index (χ0v) is 6.99. The first-order chi connectivity index (χ1) is 6.36. The van der Waals surface area contributed by atoms with Crippen molar-refractivity contribution in [3.8, 4) is 0 Å². The molecule has 3 heteroatoms. The molecule has 64 valence electrons. The van der Waals surface area contributed by atoms with E-state index in [1.165, 1.54) is 0 Å². The van der Waals surface area contributed by atoms with E-state index < -0.39 is 0 Å². The van der Waals surface area contributed by atoms with Gasteiger partial charge in [0.25, 0.3) is 0 Å². The Balaban J connectivity index is 2.39. The molecule has 0 spiro atoms. The van der Waals surface area contributed by atoms with Crippen LogP contribution in [0.2, 0.25) is 0 Å². The van der Waals surface area contributed by atoms with Crippen molar-refractivity contribution in [2.24, 2.45) is 5.73 Å². The smallest absolute Gasteiger partial charge is 0.104 e. The Labute approximate surface area is 75.6 Å². The fourth-order valence-electron chi connectivity index (χ4n) is 1.71. The summed E-state index contributed by atoms with van der Waals surface area (Å²) >= 11 is 0. The summed E-state index contributed by atoms with van der Waals surface area (Å²) in [7, 11) is 0. The molecular weight excluding hydrogens is 162 g/mol. The van der Waals surface area contributed by atoms with Crippen molar-refractivity contribution in [1.29, 1.82) is 0 Å². The molecule has 13 heavy (non-hydrogen) atoms. The Morgan fingerprint density at radius 2 is 2.15 bits per heavy atom. The number of hydrogen-bond acceptors (Lipinski definition) is 3. The van der Waals surface area contributed by atoms with E-state index in [1.54, 1.807) is 0 Å². The van der Waals surface area contributed by atoms with Crippen molar-refractivity contribution >= 4 is 16.6 Å². The van der Waals surface area contributed by atoms with E-state index in [0.717, 1.165) is 22.2 Å². The highest BCUT2D eigenvalue weighted by atomic mass is 15.1.